The average molecular weight is 517 g/mol. The van der Waals surface area contributed by atoms with Gasteiger partial charge in [0.15, 0.2) is 0 Å². The summed E-state index contributed by atoms with van der Waals surface area (Å²) < 4.78 is 11.1. The SMILES string of the molecule is [O-]C(=NC(Cc1ccc(OC2COC2)c(Cl)c1)CN1CCCC1)[C@@H]1CCN(c2ccc(Cl)cc2)C1. The van der Waals surface area contributed by atoms with Crippen LogP contribution in [0.3, 0.4) is 0 Å². The molecule has 0 amide bonds. The molecule has 35 heavy (non-hydrogen) atoms. The molecule has 2 aromatic rings. The number of ether oxygens (including phenoxy) is 2. The molecular formula is C27H32Cl2N3O3-. The van der Waals surface area contributed by atoms with Crippen LogP contribution in [0, 0.1) is 5.92 Å². The van der Waals surface area contributed by atoms with E-state index in [2.05, 4.69) is 9.80 Å². The van der Waals surface area contributed by atoms with Gasteiger partial charge < -0.3 is 29.4 Å². The van der Waals surface area contributed by atoms with Gasteiger partial charge in [-0.05, 0) is 86.6 Å². The number of anilines is 1. The highest BCUT2D eigenvalue weighted by Crippen LogP contribution is 2.29. The summed E-state index contributed by atoms with van der Waals surface area (Å²) >= 11 is 12.5. The number of aliphatic imine (C=N–C) groups is 1. The van der Waals surface area contributed by atoms with Gasteiger partial charge in [-0.1, -0.05) is 29.3 Å². The van der Waals surface area contributed by atoms with Crippen molar-refractivity contribution < 1.29 is 14.6 Å². The molecule has 0 spiro atoms. The van der Waals surface area contributed by atoms with Gasteiger partial charge >= 0.3 is 0 Å². The minimum Gasteiger partial charge on any atom is -0.862 e. The second-order valence-corrected chi connectivity index (χ2v) is 10.6. The van der Waals surface area contributed by atoms with Crippen LogP contribution in [0.2, 0.25) is 10.0 Å². The van der Waals surface area contributed by atoms with Crippen molar-refractivity contribution in [1.29, 1.82) is 0 Å². The Balaban J connectivity index is 1.26. The van der Waals surface area contributed by atoms with Gasteiger partial charge in [-0.3, -0.25) is 0 Å². The van der Waals surface area contributed by atoms with Crippen molar-refractivity contribution in [2.75, 3.05) is 50.8 Å². The molecule has 0 aromatic heterocycles. The third-order valence-electron chi connectivity index (χ3n) is 7.08. The van der Waals surface area contributed by atoms with E-state index in [1.54, 1.807) is 0 Å². The Bertz CT molecular complexity index is 1020. The number of nitrogens with zero attached hydrogens (tertiary/aromatic N) is 3. The van der Waals surface area contributed by atoms with Crippen LogP contribution in [-0.2, 0) is 11.2 Å². The maximum atomic E-state index is 13.2. The van der Waals surface area contributed by atoms with E-state index in [1.807, 2.05) is 42.5 Å². The van der Waals surface area contributed by atoms with E-state index in [-0.39, 0.29) is 24.0 Å². The molecule has 3 fully saturated rings. The van der Waals surface area contributed by atoms with Crippen LogP contribution in [0.1, 0.15) is 24.8 Å². The fraction of sp³-hybridized carbons (Fsp3) is 0.519. The second kappa shape index (κ2) is 11.4. The zero-order valence-electron chi connectivity index (χ0n) is 19.9. The summed E-state index contributed by atoms with van der Waals surface area (Å²) in [7, 11) is 0. The highest BCUT2D eigenvalue weighted by molar-refractivity contribution is 6.32. The molecule has 0 saturated carbocycles. The molecule has 188 valence electrons. The molecule has 0 radical (unpaired) electrons. The summed E-state index contributed by atoms with van der Waals surface area (Å²) in [6.07, 6.45) is 4.00. The Labute approximate surface area is 217 Å². The van der Waals surface area contributed by atoms with Crippen molar-refractivity contribution in [2.24, 2.45) is 10.9 Å². The molecule has 2 aromatic carbocycles. The Morgan fingerprint density at radius 2 is 1.86 bits per heavy atom. The maximum absolute atomic E-state index is 13.2. The summed E-state index contributed by atoms with van der Waals surface area (Å²) in [6, 6.07) is 13.6. The number of benzene rings is 2. The van der Waals surface area contributed by atoms with Gasteiger partial charge in [-0.25, -0.2) is 0 Å². The summed E-state index contributed by atoms with van der Waals surface area (Å²) in [5.74, 6) is 0.624. The van der Waals surface area contributed by atoms with Crippen molar-refractivity contribution in [3.8, 4) is 5.75 Å². The molecule has 1 unspecified atom stereocenters. The summed E-state index contributed by atoms with van der Waals surface area (Å²) in [5.41, 5.74) is 2.17. The standard InChI is InChI=1S/C27H33Cl2N3O3/c28-21-4-6-23(7-5-21)32-12-9-20(15-32)27(33)30-22(16-31-10-1-2-11-31)13-19-3-8-26(25(29)14-19)35-24-17-34-18-24/h3-8,14,20,22,24H,1-2,9-13,15-18H2,(H,30,33)/p-1/t20-,22?/m1/s1. The molecule has 5 rings (SSSR count). The van der Waals surface area contributed by atoms with Gasteiger partial charge in [0.25, 0.3) is 0 Å². The molecule has 3 saturated heterocycles. The molecule has 2 atom stereocenters. The molecule has 0 N–H and O–H groups in total. The monoisotopic (exact) mass is 516 g/mol. The van der Waals surface area contributed by atoms with Gasteiger partial charge in [0.2, 0.25) is 0 Å². The summed E-state index contributed by atoms with van der Waals surface area (Å²) in [4.78, 5) is 9.43. The Hall–Kier alpha value is -1.99. The minimum atomic E-state index is -0.0898. The zero-order chi connectivity index (χ0) is 24.2. The lowest BCUT2D eigenvalue weighted by atomic mass is 10.0. The second-order valence-electron chi connectivity index (χ2n) is 9.78. The third kappa shape index (κ3) is 6.42. The number of rotatable bonds is 9. The van der Waals surface area contributed by atoms with Gasteiger partial charge in [0, 0.05) is 36.3 Å². The van der Waals surface area contributed by atoms with Crippen LogP contribution < -0.4 is 14.7 Å². The van der Waals surface area contributed by atoms with Crippen molar-refractivity contribution in [3.63, 3.8) is 0 Å². The first-order valence-electron chi connectivity index (χ1n) is 12.5. The zero-order valence-corrected chi connectivity index (χ0v) is 21.4. The van der Waals surface area contributed by atoms with Crippen LogP contribution in [0.15, 0.2) is 47.5 Å². The molecular weight excluding hydrogens is 485 g/mol. The van der Waals surface area contributed by atoms with Crippen molar-refractivity contribution in [2.45, 2.75) is 37.8 Å². The smallest absolute Gasteiger partial charge is 0.145 e. The first-order valence-corrected chi connectivity index (χ1v) is 13.3. The molecule has 6 nitrogen and oxygen atoms in total. The van der Waals surface area contributed by atoms with E-state index in [0.717, 1.165) is 48.9 Å². The topological polar surface area (TPSA) is 60.4 Å². The van der Waals surface area contributed by atoms with Crippen LogP contribution >= 0.6 is 23.2 Å². The fourth-order valence-corrected chi connectivity index (χ4v) is 5.42. The summed E-state index contributed by atoms with van der Waals surface area (Å²) in [5, 5.41) is 14.6. The minimum absolute atomic E-state index is 0.0155. The average Bonchev–Trinajstić information content (AvgIpc) is 3.50. The third-order valence-corrected chi connectivity index (χ3v) is 7.62. The first-order chi connectivity index (χ1) is 17.0. The van der Waals surface area contributed by atoms with E-state index < -0.39 is 0 Å². The first kappa shape index (κ1) is 24.7. The molecule has 0 aliphatic carbocycles. The van der Waals surface area contributed by atoms with Crippen LogP contribution in [0.4, 0.5) is 5.69 Å². The van der Waals surface area contributed by atoms with Gasteiger partial charge in [0.05, 0.1) is 24.3 Å². The van der Waals surface area contributed by atoms with Crippen molar-refractivity contribution >= 4 is 34.8 Å². The van der Waals surface area contributed by atoms with E-state index in [1.165, 1.54) is 12.8 Å². The molecule has 3 aliphatic heterocycles. The lowest BCUT2D eigenvalue weighted by Gasteiger charge is -2.27. The van der Waals surface area contributed by atoms with Crippen LogP contribution in [0.5, 0.6) is 5.75 Å². The predicted molar refractivity (Wildman–Crippen MR) is 139 cm³/mol. The van der Waals surface area contributed by atoms with Crippen molar-refractivity contribution in [1.82, 2.24) is 4.90 Å². The van der Waals surface area contributed by atoms with Gasteiger partial charge in [-0.2, -0.15) is 0 Å². The largest absolute Gasteiger partial charge is 0.862 e. The van der Waals surface area contributed by atoms with E-state index in [0.29, 0.717) is 37.0 Å². The summed E-state index contributed by atoms with van der Waals surface area (Å²) in [6.45, 7) is 5.71. The van der Waals surface area contributed by atoms with Gasteiger partial charge in [-0.15, -0.1) is 0 Å². The maximum Gasteiger partial charge on any atom is 0.145 e. The number of likely N-dealkylation sites (tertiary alicyclic amines) is 1. The predicted octanol–water partition coefficient (Wildman–Crippen LogP) is 4.06. The number of hydrogen-bond donors (Lipinski definition) is 0. The molecule has 3 aliphatic rings. The number of hydrogen-bond acceptors (Lipinski definition) is 6. The molecule has 8 heteroatoms. The van der Waals surface area contributed by atoms with E-state index in [4.69, 9.17) is 37.7 Å². The molecule has 0 bridgehead atoms. The normalized spacial score (nSPS) is 22.4. The quantitative estimate of drug-likeness (QED) is 0.371. The lowest BCUT2D eigenvalue weighted by Crippen LogP contribution is -2.38. The Morgan fingerprint density at radius 3 is 2.54 bits per heavy atom. The lowest BCUT2D eigenvalue weighted by molar-refractivity contribution is -0.223. The van der Waals surface area contributed by atoms with E-state index in [9.17, 15) is 5.11 Å². The van der Waals surface area contributed by atoms with E-state index >= 15 is 0 Å². The highest BCUT2D eigenvalue weighted by atomic mass is 35.5. The van der Waals surface area contributed by atoms with Crippen molar-refractivity contribution in [3.05, 3.63) is 58.1 Å². The fourth-order valence-electron chi connectivity index (χ4n) is 5.05. The Kier molecular flexibility index (Phi) is 8.03. The highest BCUT2D eigenvalue weighted by Gasteiger charge is 2.25. The number of halogens is 2. The Morgan fingerprint density at radius 1 is 1.09 bits per heavy atom. The van der Waals surface area contributed by atoms with Gasteiger partial charge in [0.1, 0.15) is 11.9 Å². The van der Waals surface area contributed by atoms with Crippen LogP contribution in [0.25, 0.3) is 0 Å². The van der Waals surface area contributed by atoms with Crippen LogP contribution in [-0.4, -0.2) is 68.9 Å². The molecule has 3 heterocycles.